The monoisotopic (exact) mass is 280 g/mol. The van der Waals surface area contributed by atoms with E-state index in [0.29, 0.717) is 37.8 Å². The second-order valence-corrected chi connectivity index (χ2v) is 6.38. The topological polar surface area (TPSA) is 49.4 Å². The maximum Gasteiger partial charge on any atom is 0.242 e. The van der Waals surface area contributed by atoms with Crippen molar-refractivity contribution >= 4 is 11.8 Å². The van der Waals surface area contributed by atoms with Crippen molar-refractivity contribution in [2.75, 3.05) is 13.1 Å². The number of carbonyl (C=O) groups is 2. The maximum absolute atomic E-state index is 12.5. The number of piperazine rings is 1. The lowest BCUT2D eigenvalue weighted by Gasteiger charge is -2.36. The van der Waals surface area contributed by atoms with Crippen LogP contribution in [0.15, 0.2) is 0 Å². The van der Waals surface area contributed by atoms with Crippen LogP contribution in [0.25, 0.3) is 0 Å². The summed E-state index contributed by atoms with van der Waals surface area (Å²) in [6.07, 6.45) is 7.82. The first-order valence-corrected chi connectivity index (χ1v) is 8.20. The normalized spacial score (nSPS) is 26.2. The highest BCUT2D eigenvalue weighted by molar-refractivity contribution is 5.88. The molecule has 1 aliphatic heterocycles. The summed E-state index contributed by atoms with van der Waals surface area (Å²) in [4.78, 5) is 26.1. The van der Waals surface area contributed by atoms with E-state index in [9.17, 15) is 9.59 Å². The average molecular weight is 280 g/mol. The summed E-state index contributed by atoms with van der Waals surface area (Å²) in [5.74, 6) is 1.33. The van der Waals surface area contributed by atoms with E-state index in [2.05, 4.69) is 12.2 Å². The molecule has 4 heteroatoms. The summed E-state index contributed by atoms with van der Waals surface area (Å²) in [6.45, 7) is 5.44. The number of nitrogens with one attached hydrogen (secondary N) is 1. The van der Waals surface area contributed by atoms with Crippen molar-refractivity contribution in [2.24, 2.45) is 11.8 Å². The molecule has 0 bridgehead atoms. The van der Waals surface area contributed by atoms with Gasteiger partial charge in [-0.25, -0.2) is 0 Å². The van der Waals surface area contributed by atoms with E-state index < -0.39 is 0 Å². The van der Waals surface area contributed by atoms with Crippen LogP contribution in [0.1, 0.15) is 58.8 Å². The van der Waals surface area contributed by atoms with Gasteiger partial charge in [0.05, 0.1) is 0 Å². The molecule has 4 nitrogen and oxygen atoms in total. The molecular weight excluding hydrogens is 252 g/mol. The van der Waals surface area contributed by atoms with Gasteiger partial charge in [0, 0.05) is 19.5 Å². The molecule has 0 aromatic carbocycles. The summed E-state index contributed by atoms with van der Waals surface area (Å²) >= 11 is 0. The van der Waals surface area contributed by atoms with E-state index in [1.54, 1.807) is 4.90 Å². The quantitative estimate of drug-likeness (QED) is 0.859. The van der Waals surface area contributed by atoms with Gasteiger partial charge in [0.2, 0.25) is 11.8 Å². The van der Waals surface area contributed by atoms with Gasteiger partial charge < -0.3 is 10.2 Å². The molecule has 0 aromatic heterocycles. The molecule has 1 aliphatic carbocycles. The summed E-state index contributed by atoms with van der Waals surface area (Å²) in [7, 11) is 0. The van der Waals surface area contributed by atoms with Crippen LogP contribution in [-0.2, 0) is 9.59 Å². The van der Waals surface area contributed by atoms with Crippen molar-refractivity contribution in [3.05, 3.63) is 0 Å². The van der Waals surface area contributed by atoms with Gasteiger partial charge in [-0.1, -0.05) is 46.0 Å². The molecule has 2 aliphatic rings. The maximum atomic E-state index is 12.5. The fraction of sp³-hybridized carbons (Fsp3) is 0.875. The number of nitrogens with zero attached hydrogens (tertiary/aromatic N) is 1. The minimum absolute atomic E-state index is 0.0115. The Balaban J connectivity index is 1.90. The van der Waals surface area contributed by atoms with E-state index in [-0.39, 0.29) is 17.9 Å². The van der Waals surface area contributed by atoms with Gasteiger partial charge in [-0.15, -0.1) is 0 Å². The summed E-state index contributed by atoms with van der Waals surface area (Å²) in [5.41, 5.74) is 0. The summed E-state index contributed by atoms with van der Waals surface area (Å²) in [5, 5.41) is 2.85. The molecule has 0 spiro atoms. The molecule has 2 atom stereocenters. The molecule has 0 radical (unpaired) electrons. The zero-order chi connectivity index (χ0) is 14.5. The molecule has 0 aromatic rings. The molecule has 1 N–H and O–H groups in total. The largest absolute Gasteiger partial charge is 0.353 e. The van der Waals surface area contributed by atoms with E-state index in [1.165, 1.54) is 32.1 Å². The molecule has 1 saturated heterocycles. The van der Waals surface area contributed by atoms with Crippen LogP contribution in [0.4, 0.5) is 0 Å². The SMILES string of the molecule is CCC1C(=O)NCCN1C(=O)CC(C)C1CCCCC1. The van der Waals surface area contributed by atoms with Crippen LogP contribution in [-0.4, -0.2) is 35.8 Å². The number of amides is 2. The second-order valence-electron chi connectivity index (χ2n) is 6.38. The minimum atomic E-state index is -0.255. The number of rotatable bonds is 4. The lowest BCUT2D eigenvalue weighted by atomic mass is 9.79. The molecule has 2 rings (SSSR count). The zero-order valence-corrected chi connectivity index (χ0v) is 12.9. The van der Waals surface area contributed by atoms with Gasteiger partial charge in [0.1, 0.15) is 6.04 Å². The van der Waals surface area contributed by atoms with Gasteiger partial charge in [-0.2, -0.15) is 0 Å². The molecule has 2 fully saturated rings. The predicted molar refractivity (Wildman–Crippen MR) is 79.2 cm³/mol. The predicted octanol–water partition coefficient (Wildman–Crippen LogP) is 2.33. The van der Waals surface area contributed by atoms with Crippen LogP contribution in [0.3, 0.4) is 0 Å². The third-order valence-corrected chi connectivity index (χ3v) is 4.99. The average Bonchev–Trinajstić information content (AvgIpc) is 2.47. The Labute approximate surface area is 122 Å². The van der Waals surface area contributed by atoms with Crippen molar-refractivity contribution in [3.8, 4) is 0 Å². The van der Waals surface area contributed by atoms with Gasteiger partial charge >= 0.3 is 0 Å². The van der Waals surface area contributed by atoms with Crippen molar-refractivity contribution in [3.63, 3.8) is 0 Å². The van der Waals surface area contributed by atoms with E-state index in [0.717, 1.165) is 0 Å². The Morgan fingerprint density at radius 3 is 2.70 bits per heavy atom. The van der Waals surface area contributed by atoms with Crippen molar-refractivity contribution in [1.29, 1.82) is 0 Å². The Bertz CT molecular complexity index is 350. The molecular formula is C16H28N2O2. The summed E-state index contributed by atoms with van der Waals surface area (Å²) < 4.78 is 0. The molecule has 1 saturated carbocycles. The lowest BCUT2D eigenvalue weighted by Crippen LogP contribution is -2.57. The molecule has 2 unspecified atom stereocenters. The number of hydrogen-bond donors (Lipinski definition) is 1. The van der Waals surface area contributed by atoms with Gasteiger partial charge in [0.25, 0.3) is 0 Å². The second kappa shape index (κ2) is 7.09. The fourth-order valence-corrected chi connectivity index (χ4v) is 3.68. The van der Waals surface area contributed by atoms with E-state index >= 15 is 0 Å². The van der Waals surface area contributed by atoms with Crippen LogP contribution >= 0.6 is 0 Å². The standard InChI is InChI=1S/C16H28N2O2/c1-3-14-16(20)17-9-10-18(14)15(19)11-12(2)13-7-5-4-6-8-13/h12-14H,3-11H2,1-2H3,(H,17,20). The minimum Gasteiger partial charge on any atom is -0.353 e. The lowest BCUT2D eigenvalue weighted by molar-refractivity contribution is -0.144. The zero-order valence-electron chi connectivity index (χ0n) is 12.9. The Hall–Kier alpha value is -1.06. The fourth-order valence-electron chi connectivity index (χ4n) is 3.68. The molecule has 20 heavy (non-hydrogen) atoms. The Morgan fingerprint density at radius 1 is 1.35 bits per heavy atom. The third kappa shape index (κ3) is 3.53. The molecule has 114 valence electrons. The van der Waals surface area contributed by atoms with Crippen molar-refractivity contribution in [2.45, 2.75) is 64.8 Å². The smallest absolute Gasteiger partial charge is 0.242 e. The van der Waals surface area contributed by atoms with Gasteiger partial charge in [0.15, 0.2) is 0 Å². The van der Waals surface area contributed by atoms with Gasteiger partial charge in [-0.05, 0) is 18.3 Å². The van der Waals surface area contributed by atoms with Crippen molar-refractivity contribution in [1.82, 2.24) is 10.2 Å². The van der Waals surface area contributed by atoms with Crippen LogP contribution in [0.5, 0.6) is 0 Å². The highest BCUT2D eigenvalue weighted by Crippen LogP contribution is 2.32. The number of carbonyl (C=O) groups excluding carboxylic acids is 2. The third-order valence-electron chi connectivity index (χ3n) is 4.99. The number of hydrogen-bond acceptors (Lipinski definition) is 2. The molecule has 2 amide bonds. The van der Waals surface area contributed by atoms with E-state index in [1.807, 2.05) is 6.92 Å². The Morgan fingerprint density at radius 2 is 2.05 bits per heavy atom. The highest BCUT2D eigenvalue weighted by atomic mass is 16.2. The highest BCUT2D eigenvalue weighted by Gasteiger charge is 2.33. The van der Waals surface area contributed by atoms with Gasteiger partial charge in [-0.3, -0.25) is 9.59 Å². The van der Waals surface area contributed by atoms with E-state index in [4.69, 9.17) is 0 Å². The Kier molecular flexibility index (Phi) is 5.44. The summed E-state index contributed by atoms with van der Waals surface area (Å²) in [6, 6.07) is -0.255. The first-order chi connectivity index (χ1) is 9.63. The van der Waals surface area contributed by atoms with Crippen LogP contribution in [0, 0.1) is 11.8 Å². The van der Waals surface area contributed by atoms with Crippen LogP contribution < -0.4 is 5.32 Å². The van der Waals surface area contributed by atoms with Crippen molar-refractivity contribution < 1.29 is 9.59 Å². The first-order valence-electron chi connectivity index (χ1n) is 8.20. The molecule has 1 heterocycles. The first kappa shape index (κ1) is 15.3. The van der Waals surface area contributed by atoms with Crippen LogP contribution in [0.2, 0.25) is 0 Å².